The maximum absolute atomic E-state index is 11.5. The molecule has 0 aliphatic carbocycles. The molecule has 0 saturated heterocycles. The van der Waals surface area contributed by atoms with Crippen molar-refractivity contribution >= 4 is 17.8 Å². The summed E-state index contributed by atoms with van der Waals surface area (Å²) < 4.78 is 5.00. The maximum atomic E-state index is 11.5. The van der Waals surface area contributed by atoms with Gasteiger partial charge in [0.15, 0.2) is 0 Å². The molecule has 7 heteroatoms. The number of carbonyl (C=O) groups is 3. The van der Waals surface area contributed by atoms with Crippen molar-refractivity contribution in [1.82, 2.24) is 5.32 Å². The summed E-state index contributed by atoms with van der Waals surface area (Å²) in [5, 5.41) is 11.2. The molecule has 0 spiro atoms. The van der Waals surface area contributed by atoms with Gasteiger partial charge in [-0.05, 0) is 27.2 Å². The van der Waals surface area contributed by atoms with Crippen LogP contribution in [-0.2, 0) is 19.1 Å². The molecule has 0 bridgehead atoms. The standard InChI is InChI=1S/C12H22N2O5/c1-5-7(13)10(16)14-8(11(17)18)6-9(15)19-12(2,3)4/h7-8H,5-6,13H2,1-4H3,(H,14,16)(H,17,18)/t7-,8-/m0/s1. The summed E-state index contributed by atoms with van der Waals surface area (Å²) in [5.74, 6) is -2.59. The Kier molecular flexibility index (Phi) is 6.47. The third-order valence-corrected chi connectivity index (χ3v) is 2.18. The summed E-state index contributed by atoms with van der Waals surface area (Å²) in [4.78, 5) is 34.0. The highest BCUT2D eigenvalue weighted by molar-refractivity contribution is 5.89. The number of aliphatic carboxylic acids is 1. The van der Waals surface area contributed by atoms with Crippen molar-refractivity contribution in [2.45, 2.75) is 58.2 Å². The second-order valence-corrected chi connectivity index (χ2v) is 5.20. The molecule has 0 saturated carbocycles. The SMILES string of the molecule is CC[C@H](N)C(=O)N[C@@H](CC(=O)OC(C)(C)C)C(=O)O. The summed E-state index contributed by atoms with van der Waals surface area (Å²) in [6.07, 6.45) is -0.0562. The number of hydrogen-bond acceptors (Lipinski definition) is 5. The van der Waals surface area contributed by atoms with Gasteiger partial charge in [-0.25, -0.2) is 4.79 Å². The molecule has 0 radical (unpaired) electrons. The van der Waals surface area contributed by atoms with Crippen LogP contribution in [0, 0.1) is 0 Å². The number of nitrogens with one attached hydrogen (secondary N) is 1. The Labute approximate surface area is 112 Å². The molecule has 0 rings (SSSR count). The number of esters is 1. The van der Waals surface area contributed by atoms with Gasteiger partial charge >= 0.3 is 11.9 Å². The maximum Gasteiger partial charge on any atom is 0.326 e. The van der Waals surface area contributed by atoms with Gasteiger partial charge in [0, 0.05) is 0 Å². The van der Waals surface area contributed by atoms with Gasteiger partial charge in [-0.2, -0.15) is 0 Å². The van der Waals surface area contributed by atoms with Crippen LogP contribution in [0.5, 0.6) is 0 Å². The van der Waals surface area contributed by atoms with Gasteiger partial charge in [-0.3, -0.25) is 9.59 Å². The van der Waals surface area contributed by atoms with Crippen molar-refractivity contribution in [2.24, 2.45) is 5.73 Å². The first kappa shape index (κ1) is 17.4. The first-order valence-electron chi connectivity index (χ1n) is 6.07. The van der Waals surface area contributed by atoms with Crippen LogP contribution in [0.25, 0.3) is 0 Å². The number of carbonyl (C=O) groups excluding carboxylic acids is 2. The zero-order valence-corrected chi connectivity index (χ0v) is 11.7. The molecule has 19 heavy (non-hydrogen) atoms. The molecule has 7 nitrogen and oxygen atoms in total. The lowest BCUT2D eigenvalue weighted by Gasteiger charge is -2.22. The molecular formula is C12H22N2O5. The fourth-order valence-corrected chi connectivity index (χ4v) is 1.21. The van der Waals surface area contributed by atoms with Crippen molar-refractivity contribution in [3.05, 3.63) is 0 Å². The van der Waals surface area contributed by atoms with Gasteiger partial charge in [-0.1, -0.05) is 6.92 Å². The highest BCUT2D eigenvalue weighted by atomic mass is 16.6. The normalized spacial score (nSPS) is 14.4. The van der Waals surface area contributed by atoms with Gasteiger partial charge in [0.2, 0.25) is 5.91 Å². The largest absolute Gasteiger partial charge is 0.480 e. The quantitative estimate of drug-likeness (QED) is 0.588. The average Bonchev–Trinajstić information content (AvgIpc) is 2.24. The Morgan fingerprint density at radius 3 is 2.21 bits per heavy atom. The third kappa shape index (κ3) is 7.40. The number of nitrogens with two attached hydrogens (primary N) is 1. The van der Waals surface area contributed by atoms with Crippen molar-refractivity contribution in [3.8, 4) is 0 Å². The molecule has 2 atom stereocenters. The van der Waals surface area contributed by atoms with Crippen molar-refractivity contribution < 1.29 is 24.2 Å². The lowest BCUT2D eigenvalue weighted by atomic mass is 10.1. The summed E-state index contributed by atoms with van der Waals surface area (Å²) in [6.45, 7) is 6.72. The van der Waals surface area contributed by atoms with E-state index in [0.29, 0.717) is 6.42 Å². The van der Waals surface area contributed by atoms with Gasteiger partial charge in [-0.15, -0.1) is 0 Å². The van der Waals surface area contributed by atoms with Crippen LogP contribution in [-0.4, -0.2) is 40.6 Å². The monoisotopic (exact) mass is 274 g/mol. The van der Waals surface area contributed by atoms with Gasteiger partial charge in [0.05, 0.1) is 12.5 Å². The van der Waals surface area contributed by atoms with E-state index >= 15 is 0 Å². The third-order valence-electron chi connectivity index (χ3n) is 2.18. The minimum atomic E-state index is -1.33. The zero-order valence-electron chi connectivity index (χ0n) is 11.7. The zero-order chi connectivity index (χ0) is 15.2. The summed E-state index contributed by atoms with van der Waals surface area (Å²) >= 11 is 0. The van der Waals surface area contributed by atoms with Gasteiger partial charge < -0.3 is 20.9 Å². The number of carboxylic acids is 1. The minimum Gasteiger partial charge on any atom is -0.480 e. The first-order chi connectivity index (χ1) is 8.56. The summed E-state index contributed by atoms with van der Waals surface area (Å²) in [7, 11) is 0. The molecule has 1 amide bonds. The van der Waals surface area contributed by atoms with Crippen LogP contribution < -0.4 is 11.1 Å². The number of amides is 1. The Bertz CT molecular complexity index is 349. The van der Waals surface area contributed by atoms with Crippen molar-refractivity contribution in [3.63, 3.8) is 0 Å². The number of hydrogen-bond donors (Lipinski definition) is 3. The van der Waals surface area contributed by atoms with E-state index in [9.17, 15) is 14.4 Å². The molecule has 0 aromatic carbocycles. The fourth-order valence-electron chi connectivity index (χ4n) is 1.21. The van der Waals surface area contributed by atoms with Crippen molar-refractivity contribution in [2.75, 3.05) is 0 Å². The minimum absolute atomic E-state index is 0.380. The van der Waals surface area contributed by atoms with E-state index in [0.717, 1.165) is 0 Å². The predicted molar refractivity (Wildman–Crippen MR) is 68.3 cm³/mol. The number of rotatable bonds is 6. The highest BCUT2D eigenvalue weighted by Gasteiger charge is 2.27. The molecular weight excluding hydrogens is 252 g/mol. The van der Waals surface area contributed by atoms with E-state index < -0.39 is 42.0 Å². The fraction of sp³-hybridized carbons (Fsp3) is 0.750. The average molecular weight is 274 g/mol. The first-order valence-corrected chi connectivity index (χ1v) is 6.07. The van der Waals surface area contributed by atoms with Gasteiger partial charge in [0.1, 0.15) is 11.6 Å². The number of ether oxygens (including phenoxy) is 1. The molecule has 0 aromatic heterocycles. The molecule has 4 N–H and O–H groups in total. The van der Waals surface area contributed by atoms with Crippen LogP contribution in [0.15, 0.2) is 0 Å². The number of carboxylic acid groups (broad SMARTS) is 1. The molecule has 0 aromatic rings. The van der Waals surface area contributed by atoms with Gasteiger partial charge in [0.25, 0.3) is 0 Å². The molecule has 0 heterocycles. The van der Waals surface area contributed by atoms with Crippen LogP contribution in [0.3, 0.4) is 0 Å². The second kappa shape index (κ2) is 7.08. The van der Waals surface area contributed by atoms with Crippen LogP contribution in [0.4, 0.5) is 0 Å². The summed E-state index contributed by atoms with van der Waals surface area (Å²) in [5.41, 5.74) is 4.77. The van der Waals surface area contributed by atoms with E-state index in [4.69, 9.17) is 15.6 Å². The van der Waals surface area contributed by atoms with Crippen molar-refractivity contribution in [1.29, 1.82) is 0 Å². The van der Waals surface area contributed by atoms with Crippen LogP contribution in [0.1, 0.15) is 40.5 Å². The van der Waals surface area contributed by atoms with E-state index in [2.05, 4.69) is 5.32 Å². The molecule has 0 unspecified atom stereocenters. The Balaban J connectivity index is 4.55. The van der Waals surface area contributed by atoms with Crippen LogP contribution >= 0.6 is 0 Å². The van der Waals surface area contributed by atoms with Crippen LogP contribution in [0.2, 0.25) is 0 Å². The lowest BCUT2D eigenvalue weighted by molar-refractivity contribution is -0.158. The Morgan fingerprint density at radius 2 is 1.84 bits per heavy atom. The highest BCUT2D eigenvalue weighted by Crippen LogP contribution is 2.09. The Morgan fingerprint density at radius 1 is 1.32 bits per heavy atom. The van der Waals surface area contributed by atoms with E-state index in [-0.39, 0.29) is 0 Å². The summed E-state index contributed by atoms with van der Waals surface area (Å²) in [6, 6.07) is -2.12. The molecule has 0 aliphatic rings. The predicted octanol–water partition coefficient (Wildman–Crippen LogP) is 0.0249. The van der Waals surface area contributed by atoms with E-state index in [1.54, 1.807) is 27.7 Å². The Hall–Kier alpha value is -1.63. The smallest absolute Gasteiger partial charge is 0.326 e. The van der Waals surface area contributed by atoms with E-state index in [1.165, 1.54) is 0 Å². The molecule has 0 aliphatic heterocycles. The molecule has 0 fully saturated rings. The lowest BCUT2D eigenvalue weighted by Crippen LogP contribution is -2.49. The van der Waals surface area contributed by atoms with E-state index in [1.807, 2.05) is 0 Å². The second-order valence-electron chi connectivity index (χ2n) is 5.20. The molecule has 110 valence electrons. The topological polar surface area (TPSA) is 119 Å².